The van der Waals surface area contributed by atoms with Crippen molar-refractivity contribution in [2.45, 2.75) is 38.5 Å². The van der Waals surface area contributed by atoms with Crippen molar-refractivity contribution >= 4 is 12.0 Å². The molecule has 2 aliphatic rings. The van der Waals surface area contributed by atoms with E-state index in [4.69, 9.17) is 15.6 Å². The molecule has 0 bridgehead atoms. The molecule has 0 aromatic heterocycles. The summed E-state index contributed by atoms with van der Waals surface area (Å²) < 4.78 is 4.87. The van der Waals surface area contributed by atoms with E-state index in [1.807, 2.05) is 24.3 Å². The van der Waals surface area contributed by atoms with Crippen LogP contribution in [0.5, 0.6) is 0 Å². The number of hydrogen-bond donors (Lipinski definition) is 3. The van der Waals surface area contributed by atoms with Gasteiger partial charge < -0.3 is 15.6 Å². The van der Waals surface area contributed by atoms with Gasteiger partial charge in [-0.25, -0.2) is 4.79 Å². The second kappa shape index (κ2) is 11.8. The highest BCUT2D eigenvalue weighted by atomic mass is 16.6. The third kappa shape index (κ3) is 7.04. The van der Waals surface area contributed by atoms with Gasteiger partial charge in [-0.2, -0.15) is 0 Å². The van der Waals surface area contributed by atoms with Gasteiger partial charge in [0.2, 0.25) is 5.91 Å². The minimum atomic E-state index is -0.591. The van der Waals surface area contributed by atoms with Gasteiger partial charge >= 0.3 is 6.09 Å². The average Bonchev–Trinajstić information content (AvgIpc) is 2.74. The third-order valence-electron chi connectivity index (χ3n) is 4.93. The van der Waals surface area contributed by atoms with Crippen molar-refractivity contribution in [3.05, 3.63) is 83.2 Å². The molecule has 0 atom stereocenters. The van der Waals surface area contributed by atoms with E-state index in [1.54, 1.807) is 6.08 Å². The van der Waals surface area contributed by atoms with Crippen LogP contribution in [0.3, 0.4) is 0 Å². The Kier molecular flexibility index (Phi) is 9.09. The Bertz CT molecular complexity index is 856. The predicted octanol–water partition coefficient (Wildman–Crippen LogP) is 3.89. The van der Waals surface area contributed by atoms with Crippen LogP contribution < -0.4 is 11.1 Å². The first-order valence-corrected chi connectivity index (χ1v) is 10.1. The van der Waals surface area contributed by atoms with Crippen molar-refractivity contribution in [3.63, 3.8) is 0 Å². The lowest BCUT2D eigenvalue weighted by molar-refractivity contribution is -0.117. The average molecular weight is 411 g/mol. The lowest BCUT2D eigenvalue weighted by Crippen LogP contribution is -2.25. The number of primary amides is 1. The van der Waals surface area contributed by atoms with E-state index in [1.165, 1.54) is 5.57 Å². The van der Waals surface area contributed by atoms with Crippen LogP contribution in [0.25, 0.3) is 0 Å². The number of aliphatic hydroxyl groups excluding tert-OH is 1. The van der Waals surface area contributed by atoms with Crippen LogP contribution in [0.4, 0.5) is 4.79 Å². The third-order valence-corrected chi connectivity index (χ3v) is 4.93. The Morgan fingerprint density at radius 2 is 2.07 bits per heavy atom. The molecule has 0 saturated heterocycles. The monoisotopic (exact) mass is 410 g/mol. The summed E-state index contributed by atoms with van der Waals surface area (Å²) in [4.78, 5) is 23.2. The lowest BCUT2D eigenvalue weighted by Gasteiger charge is -2.25. The van der Waals surface area contributed by atoms with Crippen molar-refractivity contribution in [2.24, 2.45) is 5.73 Å². The number of nitrogens with two attached hydrogens (primary N) is 1. The Labute approximate surface area is 177 Å². The van der Waals surface area contributed by atoms with Gasteiger partial charge in [-0.05, 0) is 66.0 Å². The van der Waals surface area contributed by atoms with Gasteiger partial charge in [-0.15, -0.1) is 0 Å². The molecule has 0 fully saturated rings. The van der Waals surface area contributed by atoms with E-state index in [0.29, 0.717) is 12.1 Å². The zero-order chi connectivity index (χ0) is 21.9. The zero-order valence-corrected chi connectivity index (χ0v) is 17.3. The zero-order valence-electron chi connectivity index (χ0n) is 17.3. The van der Waals surface area contributed by atoms with E-state index >= 15 is 0 Å². The number of amides is 2. The summed E-state index contributed by atoms with van der Waals surface area (Å²) in [6, 6.07) is 0. The standard InChI is InChI=1S/C24H30N2O4/c1-3-4-6-17(2)18-9-11-22(20(15-18)10-12-23(25)28)19-7-5-8-21(16-19)26-24(29)30-14-13-27/h3-4,6,8,15-16,27H,1-2,5,7,9-14H2,(H2,25,28)(H,26,29)/b6-4-. The molecule has 30 heavy (non-hydrogen) atoms. The Morgan fingerprint density at radius 1 is 1.27 bits per heavy atom. The highest BCUT2D eigenvalue weighted by Crippen LogP contribution is 2.37. The van der Waals surface area contributed by atoms with Crippen LogP contribution >= 0.6 is 0 Å². The van der Waals surface area contributed by atoms with Gasteiger partial charge in [-0.1, -0.05) is 43.5 Å². The molecule has 0 unspecified atom stereocenters. The first-order valence-electron chi connectivity index (χ1n) is 10.1. The highest BCUT2D eigenvalue weighted by molar-refractivity contribution is 5.74. The molecule has 4 N–H and O–H groups in total. The number of rotatable bonds is 10. The molecular weight excluding hydrogens is 380 g/mol. The number of alkyl carbamates (subject to hydrolysis) is 1. The van der Waals surface area contributed by atoms with Gasteiger partial charge in [0, 0.05) is 12.1 Å². The molecular formula is C24H30N2O4. The first kappa shape index (κ1) is 23.2. The van der Waals surface area contributed by atoms with Gasteiger partial charge in [-0.3, -0.25) is 10.1 Å². The molecule has 0 spiro atoms. The second-order valence-electron chi connectivity index (χ2n) is 7.11. The molecule has 0 aromatic rings. The summed E-state index contributed by atoms with van der Waals surface area (Å²) in [5, 5.41) is 11.5. The van der Waals surface area contributed by atoms with Gasteiger partial charge in [0.25, 0.3) is 0 Å². The second-order valence-corrected chi connectivity index (χ2v) is 7.11. The van der Waals surface area contributed by atoms with Crippen LogP contribution in [0.15, 0.2) is 83.2 Å². The summed E-state index contributed by atoms with van der Waals surface area (Å²) in [7, 11) is 0. The van der Waals surface area contributed by atoms with E-state index in [2.05, 4.69) is 24.6 Å². The fourth-order valence-corrected chi connectivity index (χ4v) is 3.50. The molecule has 0 heterocycles. The van der Waals surface area contributed by atoms with Crippen LogP contribution in [0.2, 0.25) is 0 Å². The number of nitrogens with one attached hydrogen (secondary N) is 1. The molecule has 160 valence electrons. The van der Waals surface area contributed by atoms with E-state index in [0.717, 1.165) is 48.0 Å². The molecule has 2 rings (SSSR count). The lowest BCUT2D eigenvalue weighted by atomic mass is 9.81. The number of aliphatic hydroxyl groups is 1. The van der Waals surface area contributed by atoms with Gasteiger partial charge in [0.1, 0.15) is 6.61 Å². The summed E-state index contributed by atoms with van der Waals surface area (Å²) in [5.74, 6) is -0.334. The number of ether oxygens (including phenoxy) is 1. The van der Waals surface area contributed by atoms with Crippen molar-refractivity contribution < 1.29 is 19.4 Å². The minimum absolute atomic E-state index is 0.0458. The predicted molar refractivity (Wildman–Crippen MR) is 118 cm³/mol. The molecule has 0 aliphatic heterocycles. The van der Waals surface area contributed by atoms with E-state index in [-0.39, 0.29) is 25.5 Å². The molecule has 2 amide bonds. The largest absolute Gasteiger partial charge is 0.447 e. The Balaban J connectivity index is 2.28. The Hall–Kier alpha value is -3.12. The van der Waals surface area contributed by atoms with Crippen molar-refractivity contribution in [1.29, 1.82) is 0 Å². The molecule has 0 saturated carbocycles. The van der Waals surface area contributed by atoms with Crippen LogP contribution in [0.1, 0.15) is 38.5 Å². The van der Waals surface area contributed by atoms with Gasteiger partial charge in [0.15, 0.2) is 0 Å². The molecule has 0 aromatic carbocycles. The number of hydrogen-bond acceptors (Lipinski definition) is 4. The van der Waals surface area contributed by atoms with Crippen molar-refractivity contribution in [3.8, 4) is 0 Å². The fourth-order valence-electron chi connectivity index (χ4n) is 3.50. The maximum atomic E-state index is 11.8. The number of carbonyl (C=O) groups excluding carboxylic acids is 2. The molecule has 2 aliphatic carbocycles. The maximum Gasteiger partial charge on any atom is 0.411 e. The molecule has 6 nitrogen and oxygen atoms in total. The highest BCUT2D eigenvalue weighted by Gasteiger charge is 2.20. The normalized spacial score (nSPS) is 16.5. The summed E-state index contributed by atoms with van der Waals surface area (Å²) in [6.45, 7) is 7.56. The topological polar surface area (TPSA) is 102 Å². The van der Waals surface area contributed by atoms with E-state index in [9.17, 15) is 9.59 Å². The summed E-state index contributed by atoms with van der Waals surface area (Å²) in [5.41, 5.74) is 11.5. The van der Waals surface area contributed by atoms with Crippen molar-refractivity contribution in [1.82, 2.24) is 5.32 Å². The maximum absolute atomic E-state index is 11.8. The molecule has 0 radical (unpaired) electrons. The van der Waals surface area contributed by atoms with Crippen LogP contribution in [-0.4, -0.2) is 30.3 Å². The Morgan fingerprint density at radius 3 is 2.77 bits per heavy atom. The van der Waals surface area contributed by atoms with Gasteiger partial charge in [0.05, 0.1) is 6.61 Å². The number of allylic oxidation sites excluding steroid dienone is 11. The SMILES string of the molecule is C=C/C=C\C(=C)C1=CC(CCC(N)=O)=C(C2=CC(NC(=O)OCCO)=CCC2)CC1. The minimum Gasteiger partial charge on any atom is -0.447 e. The summed E-state index contributed by atoms with van der Waals surface area (Å²) in [6.07, 6.45) is 15.1. The quantitative estimate of drug-likeness (QED) is 0.476. The number of carbonyl (C=O) groups is 2. The van der Waals surface area contributed by atoms with E-state index < -0.39 is 6.09 Å². The molecule has 6 heteroatoms. The fraction of sp³-hybridized carbons (Fsp3) is 0.333. The summed E-state index contributed by atoms with van der Waals surface area (Å²) >= 11 is 0. The van der Waals surface area contributed by atoms with Crippen LogP contribution in [0, 0.1) is 0 Å². The van der Waals surface area contributed by atoms with Crippen molar-refractivity contribution in [2.75, 3.05) is 13.2 Å². The first-order chi connectivity index (χ1) is 14.4. The van der Waals surface area contributed by atoms with Crippen LogP contribution in [-0.2, 0) is 9.53 Å². The smallest absolute Gasteiger partial charge is 0.411 e.